The predicted octanol–water partition coefficient (Wildman–Crippen LogP) is 32.9. The first-order valence-corrected chi connectivity index (χ1v) is 41.5. The van der Waals surface area contributed by atoms with Crippen molar-refractivity contribution in [3.8, 4) is 111 Å². The summed E-state index contributed by atoms with van der Waals surface area (Å²) in [6, 6.07) is 154. The summed E-state index contributed by atoms with van der Waals surface area (Å²) >= 11 is 0. The Morgan fingerprint density at radius 2 is 0.432 bits per heavy atom. The molecule has 0 nitrogen and oxygen atoms in total. The lowest BCUT2D eigenvalue weighted by atomic mass is 9.80. The van der Waals surface area contributed by atoms with Crippen molar-refractivity contribution < 1.29 is 0 Å². The molecule has 22 aromatic carbocycles. The van der Waals surface area contributed by atoms with E-state index in [-0.39, 0.29) is 10.8 Å². The van der Waals surface area contributed by atoms with Crippen molar-refractivity contribution in [3.05, 3.63) is 435 Å². The third kappa shape index (κ3) is 10.6. The lowest BCUT2D eigenvalue weighted by molar-refractivity contribution is 0.666. The number of hydrogen-bond donors (Lipinski definition) is 0. The standard InChI is InChI=1S/2C59H40/c1-59(2)54-28-14-27-44(57(54)52-34-33-37-15-3-6-20-45(37)58(52)59)40-17-13-18-42(35-40)56-50-25-11-9-23-48(50)55(49-24-10-12-26-51(49)56)39-31-29-38(30-32-39)53-36-41-16-4-5-19-43(41)46-21-7-8-22-47(46)53;1-59(2)54-32-16-31-42(57(54)52-34-33-37-17-3-6-22-43(37)58(52)59)38-19-15-20-40(35-38)55-48-27-11-13-29-50(48)56(51-30-14-12-28-49(51)55)47-26-10-9-25-46(47)53-36-39-18-4-5-21-41(39)44-23-7-8-24-45(44)53/h2*3-36H,1-2H3. The quantitative estimate of drug-likeness (QED) is 0.105. The molecule has 0 N–H and O–H groups in total. The third-order valence-electron chi connectivity index (χ3n) is 26.4. The van der Waals surface area contributed by atoms with Gasteiger partial charge < -0.3 is 0 Å². The van der Waals surface area contributed by atoms with Crippen LogP contribution in [0, 0.1) is 0 Å². The first kappa shape index (κ1) is 69.0. The van der Waals surface area contributed by atoms with Crippen LogP contribution in [0.3, 0.4) is 0 Å². The second-order valence-electron chi connectivity index (χ2n) is 33.5. The molecule has 0 unspecified atom stereocenters. The topological polar surface area (TPSA) is 0 Å². The van der Waals surface area contributed by atoms with Gasteiger partial charge in [0.25, 0.3) is 0 Å². The molecular weight excluding hydrogens is 1420 g/mol. The van der Waals surface area contributed by atoms with Gasteiger partial charge in [-0.15, -0.1) is 0 Å². The fourth-order valence-electron chi connectivity index (χ4n) is 21.3. The minimum atomic E-state index is -0.114. The average Bonchev–Trinajstić information content (AvgIpc) is 1.48. The second kappa shape index (κ2) is 27.0. The number of benzene rings is 22. The van der Waals surface area contributed by atoms with Crippen LogP contribution in [0.1, 0.15) is 49.9 Å². The summed E-state index contributed by atoms with van der Waals surface area (Å²) in [5, 5.41) is 25.6. The van der Waals surface area contributed by atoms with E-state index in [4.69, 9.17) is 0 Å². The molecule has 0 atom stereocenters. The highest BCUT2D eigenvalue weighted by Crippen LogP contribution is 2.58. The SMILES string of the molecule is CC1(C)c2cccc(-c3cccc(-c4c5ccccc5c(-c5ccc(-c6cc7ccccc7c7ccccc67)cc5)c5ccccc45)c3)c2-c2ccc3ccccc3c21.CC1(C)c2cccc(-c3cccc(-c4c5ccccc5c(-c5ccccc5-c5cc6ccccc6c6ccccc56)c5ccccc45)c3)c2-c2ccc3ccccc3c21. The highest BCUT2D eigenvalue weighted by molar-refractivity contribution is 6.26. The fourth-order valence-corrected chi connectivity index (χ4v) is 21.3. The predicted molar refractivity (Wildman–Crippen MR) is 507 cm³/mol. The van der Waals surface area contributed by atoms with Crippen LogP contribution >= 0.6 is 0 Å². The molecule has 0 bridgehead atoms. The van der Waals surface area contributed by atoms with Crippen LogP contribution in [-0.4, -0.2) is 0 Å². The molecule has 2 aliphatic carbocycles. The molecule has 24 rings (SSSR count). The zero-order chi connectivity index (χ0) is 78.5. The molecule has 0 amide bonds. The summed E-state index contributed by atoms with van der Waals surface area (Å²) in [5.74, 6) is 0. The van der Waals surface area contributed by atoms with Crippen molar-refractivity contribution in [1.82, 2.24) is 0 Å². The Kier molecular flexibility index (Phi) is 15.8. The minimum Gasteiger partial charge on any atom is -0.0616 e. The first-order valence-electron chi connectivity index (χ1n) is 41.5. The molecule has 0 fully saturated rings. The minimum absolute atomic E-state index is 0.108. The van der Waals surface area contributed by atoms with Crippen LogP contribution in [-0.2, 0) is 10.8 Å². The zero-order valence-electron chi connectivity index (χ0n) is 66.3. The molecule has 118 heavy (non-hydrogen) atoms. The van der Waals surface area contributed by atoms with Gasteiger partial charge in [-0.25, -0.2) is 0 Å². The molecule has 0 heteroatoms. The van der Waals surface area contributed by atoms with Crippen molar-refractivity contribution in [2.45, 2.75) is 38.5 Å². The maximum Gasteiger partial charge on any atom is 0.0165 e. The van der Waals surface area contributed by atoms with Gasteiger partial charge in [0.2, 0.25) is 0 Å². The number of fused-ring (bicyclic) bond motifs is 20. The van der Waals surface area contributed by atoms with Gasteiger partial charge in [0.05, 0.1) is 0 Å². The van der Waals surface area contributed by atoms with Gasteiger partial charge in [0.1, 0.15) is 0 Å². The molecule has 0 spiro atoms. The van der Waals surface area contributed by atoms with Gasteiger partial charge in [-0.3, -0.25) is 0 Å². The molecular formula is C118H80. The van der Waals surface area contributed by atoms with Crippen LogP contribution in [0.5, 0.6) is 0 Å². The van der Waals surface area contributed by atoms with E-state index in [9.17, 15) is 0 Å². The third-order valence-corrected chi connectivity index (χ3v) is 26.4. The van der Waals surface area contributed by atoms with Crippen LogP contribution in [0.25, 0.3) is 219 Å². The van der Waals surface area contributed by atoms with Crippen LogP contribution < -0.4 is 0 Å². The summed E-state index contributed by atoms with van der Waals surface area (Å²) in [4.78, 5) is 0. The van der Waals surface area contributed by atoms with Crippen LogP contribution in [0.4, 0.5) is 0 Å². The van der Waals surface area contributed by atoms with Gasteiger partial charge in [0, 0.05) is 10.8 Å². The maximum absolute atomic E-state index is 2.44. The summed E-state index contributed by atoms with van der Waals surface area (Å²) in [6.45, 7) is 9.57. The average molecular weight is 1500 g/mol. The van der Waals surface area contributed by atoms with E-state index in [1.54, 1.807) is 0 Å². The largest absolute Gasteiger partial charge is 0.0616 e. The van der Waals surface area contributed by atoms with Gasteiger partial charge in [-0.1, -0.05) is 416 Å². The van der Waals surface area contributed by atoms with Crippen molar-refractivity contribution in [2.24, 2.45) is 0 Å². The van der Waals surface area contributed by atoms with E-state index < -0.39 is 0 Å². The molecule has 0 heterocycles. The van der Waals surface area contributed by atoms with E-state index >= 15 is 0 Å². The number of hydrogen-bond acceptors (Lipinski definition) is 0. The van der Waals surface area contributed by atoms with Gasteiger partial charge in [-0.05, 0) is 266 Å². The van der Waals surface area contributed by atoms with E-state index in [0.29, 0.717) is 0 Å². The fraction of sp³-hybridized carbons (Fsp3) is 0.0508. The Balaban J connectivity index is 0.000000138. The van der Waals surface area contributed by atoms with Crippen LogP contribution in [0.15, 0.2) is 413 Å². The molecule has 0 aromatic heterocycles. The van der Waals surface area contributed by atoms with Crippen molar-refractivity contribution in [3.63, 3.8) is 0 Å². The van der Waals surface area contributed by atoms with Gasteiger partial charge in [-0.2, -0.15) is 0 Å². The molecule has 0 saturated heterocycles. The molecule has 22 aromatic rings. The lowest BCUT2D eigenvalue weighted by Gasteiger charge is -2.23. The Labute approximate surface area is 687 Å². The van der Waals surface area contributed by atoms with Crippen LogP contribution in [0.2, 0.25) is 0 Å². The second-order valence-corrected chi connectivity index (χ2v) is 33.5. The summed E-state index contributed by atoms with van der Waals surface area (Å²) in [5.41, 5.74) is 30.9. The highest BCUT2D eigenvalue weighted by atomic mass is 14.4. The summed E-state index contributed by atoms with van der Waals surface area (Å²) < 4.78 is 0. The maximum atomic E-state index is 2.44. The van der Waals surface area contributed by atoms with E-state index in [2.05, 4.69) is 440 Å². The normalized spacial score (nSPS) is 13.1. The van der Waals surface area contributed by atoms with Crippen molar-refractivity contribution in [1.29, 1.82) is 0 Å². The van der Waals surface area contributed by atoms with Crippen molar-refractivity contribution >= 4 is 108 Å². The van der Waals surface area contributed by atoms with E-state index in [1.165, 1.54) is 241 Å². The molecule has 0 saturated carbocycles. The van der Waals surface area contributed by atoms with E-state index in [0.717, 1.165) is 0 Å². The Hall–Kier alpha value is -14.6. The Morgan fingerprint density at radius 3 is 0.864 bits per heavy atom. The monoisotopic (exact) mass is 1500 g/mol. The zero-order valence-corrected chi connectivity index (χ0v) is 66.3. The molecule has 0 radical (unpaired) electrons. The Morgan fingerprint density at radius 1 is 0.136 bits per heavy atom. The van der Waals surface area contributed by atoms with Crippen molar-refractivity contribution in [2.75, 3.05) is 0 Å². The Bertz CT molecular complexity index is 7860. The summed E-state index contributed by atoms with van der Waals surface area (Å²) in [7, 11) is 0. The molecule has 552 valence electrons. The highest BCUT2D eigenvalue weighted by Gasteiger charge is 2.40. The van der Waals surface area contributed by atoms with Gasteiger partial charge >= 0.3 is 0 Å². The molecule has 0 aliphatic heterocycles. The van der Waals surface area contributed by atoms with E-state index in [1.807, 2.05) is 0 Å². The number of rotatable bonds is 8. The van der Waals surface area contributed by atoms with Gasteiger partial charge in [0.15, 0.2) is 0 Å². The molecule has 2 aliphatic rings. The first-order chi connectivity index (χ1) is 58.1. The lowest BCUT2D eigenvalue weighted by Crippen LogP contribution is -2.15. The smallest absolute Gasteiger partial charge is 0.0165 e. The summed E-state index contributed by atoms with van der Waals surface area (Å²) in [6.07, 6.45) is 0.